The van der Waals surface area contributed by atoms with Gasteiger partial charge in [-0.05, 0) is 337 Å². The van der Waals surface area contributed by atoms with Crippen LogP contribution < -0.4 is 26.6 Å². The number of benzene rings is 10. The van der Waals surface area contributed by atoms with E-state index in [0.717, 1.165) is 169 Å². The number of furan rings is 5. The van der Waals surface area contributed by atoms with Crippen molar-refractivity contribution in [3.05, 3.63) is 294 Å². The molecule has 10 N–H and O–H groups in total. The largest absolute Gasteiger partial charge is 0.508 e. The molecule has 5 aliphatic heterocycles. The van der Waals surface area contributed by atoms with E-state index in [0.29, 0.717) is 151 Å². The number of aryl methyl sites for hydroxylation is 9. The Morgan fingerprint density at radius 2 is 0.562 bits per heavy atom. The highest BCUT2D eigenvalue weighted by atomic mass is 19.4. The Bertz CT molecular complexity index is 7130. The zero-order valence-corrected chi connectivity index (χ0v) is 83.8. The number of halogens is 3. The predicted molar refractivity (Wildman–Crippen MR) is 559 cm³/mol. The molecule has 0 radical (unpaired) electrons. The van der Waals surface area contributed by atoms with Crippen LogP contribution in [0.3, 0.4) is 0 Å². The first-order valence-corrected chi connectivity index (χ1v) is 50.0. The number of hydrogen-bond acceptors (Lipinski definition) is 20. The van der Waals surface area contributed by atoms with Crippen molar-refractivity contribution in [1.29, 1.82) is 0 Å². The van der Waals surface area contributed by atoms with Crippen LogP contribution in [0, 0.1) is 68.2 Å². The molecule has 754 valence electrons. The summed E-state index contributed by atoms with van der Waals surface area (Å²) >= 11 is 0. The van der Waals surface area contributed by atoms with Crippen molar-refractivity contribution in [2.45, 2.75) is 205 Å². The molecular weight excluding hydrogens is 1830 g/mol. The second-order valence-electron chi connectivity index (χ2n) is 39.1. The van der Waals surface area contributed by atoms with Crippen molar-refractivity contribution in [2.24, 2.45) is 5.92 Å². The number of alkyl halides is 3. The van der Waals surface area contributed by atoms with E-state index in [4.69, 9.17) is 22.1 Å². The average Bonchev–Trinajstić information content (AvgIpc) is 1.63. The number of nitrogens with one attached hydrogen (secondary N) is 5. The average molecular weight is 1960 g/mol. The second-order valence-corrected chi connectivity index (χ2v) is 39.1. The van der Waals surface area contributed by atoms with Crippen LogP contribution in [0.1, 0.15) is 234 Å². The number of amides is 5. The standard InChI is InChI=1S/C24H25F3N2O3.2C24H28N2O3.2C22H24N2O3/c1-14-9-11-29(12-10-14)13-18-19(30)7-8-20-22(18)21(15(2)32-20)23(31)28-17-5-3-16(4-6-17)24(25,26)27;1-15-7-9-18(10-8-15)25-24(28)22-17(3)29-21-12-11-20(27)19(23(21)22)14-26-13-5-4-6-16(26)2;1-16-7-9-18(10-8-16)25-24(28)22-17(2)29-21-12-11-20(27)19(23(21)22)15-26-13-5-3-4-6-14-26;1-14-5-7-16(8-6-14)23-22(26)20-15(2)27-19-10-9-18(25)17(21(19)20)13-24-11-3-4-12-24;1-14-6-5-7-16(12-14)23-22(26)20-15(2)27-19-9-8-18(25)17(21(19)20)13-24-10-3-4-11-24/h3-8,14,30H,9-13H2,1-2H3,(H,28,31);7-12,16,27H,4-6,13-14H2,1-3H3,(H,25,28);7-12,27H,3-6,13-15H2,1-2H3,(H,25,28);5-10,25H,3-4,11-13H2,1-2H3,(H,23,26);5-9,12,25H,3-4,10-11,13H2,1-2H3,(H,23,26)/t;16-;;;/m.0.../s1. The van der Waals surface area contributed by atoms with Gasteiger partial charge in [0.15, 0.2) is 0 Å². The minimum Gasteiger partial charge on any atom is -0.508 e. The monoisotopic (exact) mass is 1960 g/mol. The van der Waals surface area contributed by atoms with Crippen LogP contribution in [0.4, 0.5) is 41.6 Å². The van der Waals surface area contributed by atoms with Crippen molar-refractivity contribution in [1.82, 2.24) is 24.5 Å². The highest BCUT2D eigenvalue weighted by Gasteiger charge is 2.35. The van der Waals surface area contributed by atoms with E-state index in [9.17, 15) is 62.7 Å². The number of anilines is 5. The minimum atomic E-state index is -4.45. The highest BCUT2D eigenvalue weighted by molar-refractivity contribution is 6.18. The second kappa shape index (κ2) is 45.6. The maximum absolute atomic E-state index is 13.1. The molecule has 10 heterocycles. The summed E-state index contributed by atoms with van der Waals surface area (Å²) in [6, 6.07) is 52.3. The Labute approximate surface area is 836 Å². The summed E-state index contributed by atoms with van der Waals surface area (Å²) in [4.78, 5) is 77.1. The summed E-state index contributed by atoms with van der Waals surface area (Å²) in [5.41, 5.74) is 15.9. The molecule has 0 saturated carbocycles. The Morgan fingerprint density at radius 3 is 0.847 bits per heavy atom. The summed E-state index contributed by atoms with van der Waals surface area (Å²) in [7, 11) is 0. The van der Waals surface area contributed by atoms with Crippen LogP contribution in [0.5, 0.6) is 28.7 Å². The predicted octanol–water partition coefficient (Wildman–Crippen LogP) is 25.9. The van der Waals surface area contributed by atoms with Crippen molar-refractivity contribution < 1.29 is 84.8 Å². The van der Waals surface area contributed by atoms with E-state index in [1.807, 2.05) is 125 Å². The van der Waals surface area contributed by atoms with Crippen molar-refractivity contribution in [2.75, 3.05) is 85.5 Å². The number of phenols is 5. The fraction of sp³-hybridized carbons (Fsp3) is 0.353. The van der Waals surface area contributed by atoms with Crippen molar-refractivity contribution in [3.8, 4) is 28.7 Å². The van der Waals surface area contributed by atoms with Crippen LogP contribution in [0.25, 0.3) is 54.8 Å². The summed E-state index contributed by atoms with van der Waals surface area (Å²) in [6.45, 7) is 33.1. The van der Waals surface area contributed by atoms with Gasteiger partial charge in [-0.15, -0.1) is 0 Å². The highest BCUT2D eigenvalue weighted by Crippen LogP contribution is 2.44. The van der Waals surface area contributed by atoms with E-state index in [2.05, 4.69) is 64.9 Å². The first kappa shape index (κ1) is 103. The molecule has 25 nitrogen and oxygen atoms in total. The normalized spacial score (nSPS) is 15.7. The van der Waals surface area contributed by atoms with Gasteiger partial charge in [0, 0.05) is 122 Å². The molecule has 15 aromatic rings. The maximum Gasteiger partial charge on any atom is 0.416 e. The smallest absolute Gasteiger partial charge is 0.416 e. The summed E-state index contributed by atoms with van der Waals surface area (Å²) in [5.74, 6) is 2.83. The molecule has 0 unspecified atom stereocenters. The molecule has 20 rings (SSSR count). The lowest BCUT2D eigenvalue weighted by atomic mass is 9.97. The first-order chi connectivity index (χ1) is 69.1. The zero-order chi connectivity index (χ0) is 102. The molecule has 10 aromatic carbocycles. The lowest BCUT2D eigenvalue weighted by Crippen LogP contribution is -2.36. The summed E-state index contributed by atoms with van der Waals surface area (Å²) in [5, 5.41) is 70.8. The number of rotatable bonds is 20. The molecule has 144 heavy (non-hydrogen) atoms. The molecular formula is C116H129F3N10O15. The van der Waals surface area contributed by atoms with E-state index < -0.39 is 17.6 Å². The van der Waals surface area contributed by atoms with Gasteiger partial charge in [-0.3, -0.25) is 48.5 Å². The molecule has 5 amide bonds. The molecule has 5 fully saturated rings. The van der Waals surface area contributed by atoms with Crippen LogP contribution >= 0.6 is 0 Å². The van der Waals surface area contributed by atoms with Gasteiger partial charge in [-0.25, -0.2) is 0 Å². The van der Waals surface area contributed by atoms with Crippen LogP contribution in [-0.2, 0) is 38.9 Å². The lowest BCUT2D eigenvalue weighted by Gasteiger charge is -2.33. The fourth-order valence-corrected chi connectivity index (χ4v) is 20.2. The topological polar surface area (TPSA) is 329 Å². The minimum absolute atomic E-state index is 0.0838. The Hall–Kier alpha value is -14.2. The number of fused-ring (bicyclic) bond motifs is 5. The molecule has 5 saturated heterocycles. The Balaban J connectivity index is 0.000000129. The van der Waals surface area contributed by atoms with Crippen LogP contribution in [0.15, 0.2) is 204 Å². The molecule has 0 aliphatic carbocycles. The van der Waals surface area contributed by atoms with Gasteiger partial charge in [0.2, 0.25) is 0 Å². The third kappa shape index (κ3) is 24.3. The Kier molecular flexibility index (Phi) is 32.5. The third-order valence-corrected chi connectivity index (χ3v) is 28.2. The van der Waals surface area contributed by atoms with E-state index in [1.165, 1.54) is 69.9 Å². The number of nitrogens with zero attached hydrogens (tertiary/aromatic N) is 5. The maximum atomic E-state index is 13.1. The number of carbonyl (C=O) groups is 5. The number of hydrogen-bond donors (Lipinski definition) is 10. The van der Waals surface area contributed by atoms with E-state index in [-0.39, 0.29) is 63.6 Å². The molecule has 5 aromatic heterocycles. The first-order valence-electron chi connectivity index (χ1n) is 50.0. The van der Waals surface area contributed by atoms with Gasteiger partial charge in [-0.1, -0.05) is 91.4 Å². The van der Waals surface area contributed by atoms with Gasteiger partial charge in [0.25, 0.3) is 29.5 Å². The fourth-order valence-electron chi connectivity index (χ4n) is 20.2. The van der Waals surface area contributed by atoms with Crippen LogP contribution in [-0.4, -0.2) is 145 Å². The quantitative estimate of drug-likeness (QED) is 0.0339. The van der Waals surface area contributed by atoms with Crippen molar-refractivity contribution >= 4 is 113 Å². The summed E-state index contributed by atoms with van der Waals surface area (Å²) in [6.07, 6.45) is 10.8. The summed E-state index contributed by atoms with van der Waals surface area (Å²) < 4.78 is 67.7. The number of carbonyl (C=O) groups excluding carboxylic acids is 5. The SMILES string of the molecule is Cc1ccc(NC(=O)c2c(C)oc3ccc(O)c(CN4CCCC4)c23)cc1.Cc1ccc(NC(=O)c2c(C)oc3ccc(O)c(CN4CCCCCC4)c23)cc1.Cc1ccc(NC(=O)c2c(C)oc3ccc(O)c(CN4CCCC[C@@H]4C)c23)cc1.Cc1cccc(NC(=O)c2c(C)oc3ccc(O)c(CN4CCCC4)c23)c1.Cc1oc2ccc(O)c(CN3CCC(C)CC3)c2c1C(=O)Nc1ccc(C(F)(F)F)cc1. The van der Waals surface area contributed by atoms with E-state index >= 15 is 0 Å². The van der Waals surface area contributed by atoms with Gasteiger partial charge in [0.05, 0.1) is 33.4 Å². The molecule has 5 aliphatic rings. The third-order valence-electron chi connectivity index (χ3n) is 28.2. The van der Waals surface area contributed by atoms with Gasteiger partial charge >= 0.3 is 6.18 Å². The van der Waals surface area contributed by atoms with E-state index in [1.54, 1.807) is 95.3 Å². The molecule has 28 heteroatoms. The van der Waals surface area contributed by atoms with Gasteiger partial charge < -0.3 is 74.2 Å². The molecule has 1 atom stereocenters. The van der Waals surface area contributed by atoms with Gasteiger partial charge in [-0.2, -0.15) is 13.2 Å². The van der Waals surface area contributed by atoms with Crippen LogP contribution in [0.2, 0.25) is 0 Å². The number of phenolic OH excluding ortho intramolecular Hbond substituents is 5. The number of likely N-dealkylation sites (tertiary alicyclic amines) is 5. The molecule has 0 bridgehead atoms. The zero-order valence-electron chi connectivity index (χ0n) is 83.8. The number of aromatic hydroxyl groups is 5. The van der Waals surface area contributed by atoms with Gasteiger partial charge in [0.1, 0.15) is 85.5 Å². The Morgan fingerprint density at radius 1 is 0.299 bits per heavy atom. The lowest BCUT2D eigenvalue weighted by molar-refractivity contribution is -0.137. The van der Waals surface area contributed by atoms with Crippen molar-refractivity contribution in [3.63, 3.8) is 0 Å². The molecule has 0 spiro atoms. The number of piperidine rings is 2.